The largest absolute Gasteiger partial charge is 0.293 e. The third-order valence-corrected chi connectivity index (χ3v) is 3.50. The standard InChI is InChI=1S/C14H15N3O/c1-17-9-11(8-16-17)14(18)12-6-2-4-10-5-3-7-15-13(10)12/h3,5,7-9,12H,2,4,6H2,1H3. The molecule has 0 fully saturated rings. The predicted octanol–water partition coefficient (Wildman–Crippen LogP) is 2.12. The van der Waals surface area contributed by atoms with Gasteiger partial charge in [-0.05, 0) is 30.9 Å². The number of ketones is 1. The molecule has 0 spiro atoms. The average molecular weight is 241 g/mol. The van der Waals surface area contributed by atoms with Crippen molar-refractivity contribution in [2.24, 2.45) is 7.05 Å². The van der Waals surface area contributed by atoms with E-state index in [-0.39, 0.29) is 11.7 Å². The summed E-state index contributed by atoms with van der Waals surface area (Å²) in [6.45, 7) is 0. The Morgan fingerprint density at radius 2 is 2.39 bits per heavy atom. The van der Waals surface area contributed by atoms with Crippen molar-refractivity contribution < 1.29 is 4.79 Å². The number of aromatic nitrogens is 3. The highest BCUT2D eigenvalue weighted by atomic mass is 16.1. The monoisotopic (exact) mass is 241 g/mol. The zero-order valence-electron chi connectivity index (χ0n) is 10.3. The van der Waals surface area contributed by atoms with E-state index in [4.69, 9.17) is 0 Å². The van der Waals surface area contributed by atoms with E-state index in [0.29, 0.717) is 5.56 Å². The lowest BCUT2D eigenvalue weighted by Crippen LogP contribution is -2.19. The van der Waals surface area contributed by atoms with Crippen molar-refractivity contribution in [1.29, 1.82) is 0 Å². The van der Waals surface area contributed by atoms with Crippen LogP contribution in [0.15, 0.2) is 30.7 Å². The molecule has 2 aromatic heterocycles. The van der Waals surface area contributed by atoms with Crippen molar-refractivity contribution in [2.75, 3.05) is 0 Å². The fraction of sp³-hybridized carbons (Fsp3) is 0.357. The maximum absolute atomic E-state index is 12.5. The van der Waals surface area contributed by atoms with E-state index in [2.05, 4.69) is 16.1 Å². The second-order valence-corrected chi connectivity index (χ2v) is 4.76. The maximum Gasteiger partial charge on any atom is 0.175 e. The molecule has 0 saturated heterocycles. The van der Waals surface area contributed by atoms with Crippen LogP contribution in [-0.2, 0) is 13.5 Å². The Morgan fingerprint density at radius 3 is 3.17 bits per heavy atom. The van der Waals surface area contributed by atoms with Gasteiger partial charge in [-0.3, -0.25) is 14.5 Å². The van der Waals surface area contributed by atoms with Crippen LogP contribution >= 0.6 is 0 Å². The van der Waals surface area contributed by atoms with Gasteiger partial charge in [0, 0.05) is 19.4 Å². The lowest BCUT2D eigenvalue weighted by Gasteiger charge is -2.22. The van der Waals surface area contributed by atoms with Crippen LogP contribution in [0.1, 0.15) is 40.4 Å². The molecule has 0 amide bonds. The van der Waals surface area contributed by atoms with Crippen molar-refractivity contribution in [3.8, 4) is 0 Å². The second kappa shape index (κ2) is 4.37. The van der Waals surface area contributed by atoms with E-state index in [9.17, 15) is 4.79 Å². The van der Waals surface area contributed by atoms with E-state index in [1.54, 1.807) is 23.3 Å². The normalized spacial score (nSPS) is 18.4. The number of nitrogens with zero attached hydrogens (tertiary/aromatic N) is 3. The molecule has 3 rings (SSSR count). The summed E-state index contributed by atoms with van der Waals surface area (Å²) in [4.78, 5) is 16.9. The molecule has 2 heterocycles. The molecule has 1 aliphatic rings. The lowest BCUT2D eigenvalue weighted by atomic mass is 9.82. The molecular formula is C14H15N3O. The summed E-state index contributed by atoms with van der Waals surface area (Å²) in [6.07, 6.45) is 8.15. The number of rotatable bonds is 2. The number of Topliss-reactive ketones (excluding diaryl/α,β-unsaturated/α-hetero) is 1. The highest BCUT2D eigenvalue weighted by Crippen LogP contribution is 2.32. The molecule has 1 aliphatic carbocycles. The SMILES string of the molecule is Cn1cc(C(=O)C2CCCc3cccnc32)cn1. The lowest BCUT2D eigenvalue weighted by molar-refractivity contribution is 0.0949. The molecule has 1 unspecified atom stereocenters. The molecule has 0 aliphatic heterocycles. The number of hydrogen-bond donors (Lipinski definition) is 0. The first kappa shape index (κ1) is 11.1. The Balaban J connectivity index is 1.96. The van der Waals surface area contributed by atoms with Crippen molar-refractivity contribution in [1.82, 2.24) is 14.8 Å². The first-order chi connectivity index (χ1) is 8.75. The highest BCUT2D eigenvalue weighted by molar-refractivity contribution is 6.00. The van der Waals surface area contributed by atoms with Gasteiger partial charge in [0.2, 0.25) is 0 Å². The van der Waals surface area contributed by atoms with Crippen LogP contribution in [0.2, 0.25) is 0 Å². The van der Waals surface area contributed by atoms with Crippen LogP contribution < -0.4 is 0 Å². The van der Waals surface area contributed by atoms with Crippen LogP contribution in [0.5, 0.6) is 0 Å². The molecule has 0 N–H and O–H groups in total. The van der Waals surface area contributed by atoms with Crippen LogP contribution in [0, 0.1) is 0 Å². The number of pyridine rings is 1. The summed E-state index contributed by atoms with van der Waals surface area (Å²) < 4.78 is 1.66. The molecule has 2 aromatic rings. The molecule has 18 heavy (non-hydrogen) atoms. The Hall–Kier alpha value is -1.97. The minimum atomic E-state index is -0.0980. The summed E-state index contributed by atoms with van der Waals surface area (Å²) >= 11 is 0. The highest BCUT2D eigenvalue weighted by Gasteiger charge is 2.28. The average Bonchev–Trinajstić information content (AvgIpc) is 2.84. The van der Waals surface area contributed by atoms with Crippen molar-refractivity contribution in [3.05, 3.63) is 47.5 Å². The minimum absolute atomic E-state index is 0.0980. The molecule has 0 aromatic carbocycles. The zero-order chi connectivity index (χ0) is 12.5. The fourth-order valence-corrected chi connectivity index (χ4v) is 2.61. The molecule has 0 radical (unpaired) electrons. The number of carbonyl (C=O) groups is 1. The van der Waals surface area contributed by atoms with Gasteiger partial charge in [-0.25, -0.2) is 0 Å². The van der Waals surface area contributed by atoms with Crippen LogP contribution in [0.3, 0.4) is 0 Å². The predicted molar refractivity (Wildman–Crippen MR) is 67.5 cm³/mol. The molecule has 4 nitrogen and oxygen atoms in total. The minimum Gasteiger partial charge on any atom is -0.293 e. The molecule has 92 valence electrons. The van der Waals surface area contributed by atoms with Gasteiger partial charge < -0.3 is 0 Å². The number of hydrogen-bond acceptors (Lipinski definition) is 3. The molecule has 1 atom stereocenters. The number of fused-ring (bicyclic) bond motifs is 1. The molecule has 0 saturated carbocycles. The van der Waals surface area contributed by atoms with Gasteiger partial charge >= 0.3 is 0 Å². The smallest absolute Gasteiger partial charge is 0.175 e. The third kappa shape index (κ3) is 1.83. The summed E-state index contributed by atoms with van der Waals surface area (Å²) in [6, 6.07) is 4.01. The number of carbonyl (C=O) groups excluding carboxylic acids is 1. The van der Waals surface area contributed by atoms with E-state index in [0.717, 1.165) is 25.0 Å². The third-order valence-electron chi connectivity index (χ3n) is 3.50. The Morgan fingerprint density at radius 1 is 1.50 bits per heavy atom. The van der Waals surface area contributed by atoms with E-state index in [1.807, 2.05) is 13.1 Å². The first-order valence-corrected chi connectivity index (χ1v) is 6.22. The van der Waals surface area contributed by atoms with Gasteiger partial charge in [0.25, 0.3) is 0 Å². The maximum atomic E-state index is 12.5. The van der Waals surface area contributed by atoms with Gasteiger partial charge in [-0.15, -0.1) is 0 Å². The van der Waals surface area contributed by atoms with Gasteiger partial charge in [0.15, 0.2) is 5.78 Å². The van der Waals surface area contributed by atoms with Gasteiger partial charge in [-0.1, -0.05) is 6.07 Å². The van der Waals surface area contributed by atoms with Gasteiger partial charge in [0.1, 0.15) is 0 Å². The van der Waals surface area contributed by atoms with Crippen LogP contribution in [0.25, 0.3) is 0 Å². The second-order valence-electron chi connectivity index (χ2n) is 4.76. The van der Waals surface area contributed by atoms with Crippen molar-refractivity contribution in [3.63, 3.8) is 0 Å². The Kier molecular flexibility index (Phi) is 2.70. The number of aryl methyl sites for hydroxylation is 2. The van der Waals surface area contributed by atoms with E-state index >= 15 is 0 Å². The quantitative estimate of drug-likeness (QED) is 0.757. The molecular weight excluding hydrogens is 226 g/mol. The van der Waals surface area contributed by atoms with Crippen LogP contribution in [-0.4, -0.2) is 20.5 Å². The van der Waals surface area contributed by atoms with Gasteiger partial charge in [-0.2, -0.15) is 5.10 Å². The molecule has 0 bridgehead atoms. The summed E-state index contributed by atoms with van der Waals surface area (Å²) in [7, 11) is 1.82. The Labute approximate surface area is 106 Å². The van der Waals surface area contributed by atoms with Crippen molar-refractivity contribution in [2.45, 2.75) is 25.2 Å². The van der Waals surface area contributed by atoms with Crippen LogP contribution in [0.4, 0.5) is 0 Å². The van der Waals surface area contributed by atoms with E-state index < -0.39 is 0 Å². The summed E-state index contributed by atoms with van der Waals surface area (Å²) in [5, 5.41) is 4.06. The van der Waals surface area contributed by atoms with E-state index in [1.165, 1.54) is 5.56 Å². The Bertz CT molecular complexity index is 588. The van der Waals surface area contributed by atoms with Gasteiger partial charge in [0.05, 0.1) is 23.4 Å². The summed E-state index contributed by atoms with van der Waals surface area (Å²) in [5.41, 5.74) is 2.85. The zero-order valence-corrected chi connectivity index (χ0v) is 10.3. The topological polar surface area (TPSA) is 47.8 Å². The summed E-state index contributed by atoms with van der Waals surface area (Å²) in [5.74, 6) is 0.0434. The molecule has 4 heteroatoms. The first-order valence-electron chi connectivity index (χ1n) is 6.22. The van der Waals surface area contributed by atoms with Crippen molar-refractivity contribution >= 4 is 5.78 Å². The fourth-order valence-electron chi connectivity index (χ4n) is 2.61.